The van der Waals surface area contributed by atoms with Gasteiger partial charge in [0.2, 0.25) is 0 Å². The van der Waals surface area contributed by atoms with Gasteiger partial charge in [-0.05, 0) is 57.8 Å². The summed E-state index contributed by atoms with van der Waals surface area (Å²) in [5.41, 5.74) is -0.273. The van der Waals surface area contributed by atoms with Crippen LogP contribution in [0.3, 0.4) is 0 Å². The molecule has 0 bridgehead atoms. The molecule has 2 atom stereocenters. The average molecular weight is 437 g/mol. The first kappa shape index (κ1) is 26.2. The second-order valence-electron chi connectivity index (χ2n) is 10.3. The molecule has 4 heteroatoms. The summed E-state index contributed by atoms with van der Waals surface area (Å²) >= 11 is 0. The normalized spacial score (nSPS) is 23.4. The van der Waals surface area contributed by atoms with Crippen LogP contribution in [0.5, 0.6) is 0 Å². The van der Waals surface area contributed by atoms with Gasteiger partial charge in [0.25, 0.3) is 0 Å². The monoisotopic (exact) mass is 436 g/mol. The lowest BCUT2D eigenvalue weighted by atomic mass is 9.79. The maximum absolute atomic E-state index is 12.9. The number of carbonyl (C=O) groups is 2. The number of carboxylic acids is 1. The quantitative estimate of drug-likeness (QED) is 0.210. The van der Waals surface area contributed by atoms with E-state index in [0.29, 0.717) is 12.8 Å². The molecule has 2 aliphatic rings. The van der Waals surface area contributed by atoms with Gasteiger partial charge in [-0.15, -0.1) is 0 Å². The van der Waals surface area contributed by atoms with Gasteiger partial charge in [-0.25, -0.2) is 0 Å². The minimum atomic E-state index is -0.758. The Labute approximate surface area is 190 Å². The number of aliphatic carboxylic acids is 1. The van der Waals surface area contributed by atoms with E-state index in [4.69, 9.17) is 4.74 Å². The molecule has 0 aromatic heterocycles. The van der Waals surface area contributed by atoms with Gasteiger partial charge in [0.15, 0.2) is 0 Å². The smallest absolute Gasteiger partial charge is 0.309 e. The fourth-order valence-corrected chi connectivity index (χ4v) is 5.64. The molecule has 0 aromatic carbocycles. The van der Waals surface area contributed by atoms with E-state index in [-0.39, 0.29) is 23.4 Å². The number of hydrogen-bond acceptors (Lipinski definition) is 3. The average Bonchev–Trinajstić information content (AvgIpc) is 2.78. The molecule has 2 unspecified atom stereocenters. The molecule has 2 rings (SSSR count). The van der Waals surface area contributed by atoms with Crippen molar-refractivity contribution in [1.82, 2.24) is 0 Å². The third kappa shape index (κ3) is 9.95. The summed E-state index contributed by atoms with van der Waals surface area (Å²) in [6.07, 6.45) is 23.9. The summed E-state index contributed by atoms with van der Waals surface area (Å²) in [5.74, 6) is -1.46. The summed E-state index contributed by atoms with van der Waals surface area (Å²) < 4.78 is 6.21. The van der Waals surface area contributed by atoms with Gasteiger partial charge in [-0.2, -0.15) is 0 Å². The van der Waals surface area contributed by atoms with Gasteiger partial charge in [0.1, 0.15) is 5.60 Å². The van der Waals surface area contributed by atoms with Crippen LogP contribution < -0.4 is 0 Å². The number of hydrogen-bond donors (Lipinski definition) is 1. The minimum Gasteiger partial charge on any atom is -0.481 e. The van der Waals surface area contributed by atoms with Crippen molar-refractivity contribution in [2.24, 2.45) is 11.8 Å². The molecular weight excluding hydrogens is 388 g/mol. The molecule has 180 valence electrons. The molecule has 0 radical (unpaired) electrons. The van der Waals surface area contributed by atoms with Crippen molar-refractivity contribution in [2.45, 2.75) is 147 Å². The number of carbonyl (C=O) groups excluding carboxylic acids is 1. The Kier molecular flexibility index (Phi) is 12.6. The topological polar surface area (TPSA) is 63.6 Å². The Balaban J connectivity index is 1.67. The number of rotatable bonds is 15. The van der Waals surface area contributed by atoms with Crippen LogP contribution in [0.2, 0.25) is 0 Å². The first-order chi connectivity index (χ1) is 15.1. The van der Waals surface area contributed by atoms with Crippen LogP contribution in [0.1, 0.15) is 142 Å². The second kappa shape index (κ2) is 14.9. The molecule has 0 amide bonds. The molecule has 0 aliphatic heterocycles. The maximum atomic E-state index is 12.9. The van der Waals surface area contributed by atoms with Crippen molar-refractivity contribution in [3.63, 3.8) is 0 Å². The van der Waals surface area contributed by atoms with Crippen molar-refractivity contribution >= 4 is 11.9 Å². The first-order valence-electron chi connectivity index (χ1n) is 13.5. The van der Waals surface area contributed by atoms with Crippen LogP contribution in [0.25, 0.3) is 0 Å². The van der Waals surface area contributed by atoms with Gasteiger partial charge in [0, 0.05) is 0 Å². The van der Waals surface area contributed by atoms with E-state index in [1.165, 1.54) is 70.6 Å². The predicted molar refractivity (Wildman–Crippen MR) is 126 cm³/mol. The van der Waals surface area contributed by atoms with E-state index in [1.807, 2.05) is 0 Å². The van der Waals surface area contributed by atoms with Crippen LogP contribution in [0.15, 0.2) is 0 Å². The molecule has 0 spiro atoms. The third-order valence-electron chi connectivity index (χ3n) is 7.67. The van der Waals surface area contributed by atoms with Crippen LogP contribution in [0, 0.1) is 11.8 Å². The van der Waals surface area contributed by atoms with E-state index in [0.717, 1.165) is 51.4 Å². The lowest BCUT2D eigenvalue weighted by Gasteiger charge is -2.39. The molecule has 4 nitrogen and oxygen atoms in total. The van der Waals surface area contributed by atoms with Crippen LogP contribution in [-0.2, 0) is 14.3 Å². The Hall–Kier alpha value is -1.06. The molecule has 1 N–H and O–H groups in total. The summed E-state index contributed by atoms with van der Waals surface area (Å²) in [5, 5.41) is 9.33. The summed E-state index contributed by atoms with van der Waals surface area (Å²) in [6.45, 7) is 2.27. The second-order valence-corrected chi connectivity index (χ2v) is 10.3. The lowest BCUT2D eigenvalue weighted by Crippen LogP contribution is -2.40. The van der Waals surface area contributed by atoms with Gasteiger partial charge in [0.05, 0.1) is 11.8 Å². The molecule has 2 fully saturated rings. The summed E-state index contributed by atoms with van der Waals surface area (Å²) in [7, 11) is 0. The largest absolute Gasteiger partial charge is 0.481 e. The first-order valence-corrected chi connectivity index (χ1v) is 13.5. The van der Waals surface area contributed by atoms with E-state index in [9.17, 15) is 14.7 Å². The highest BCUT2D eigenvalue weighted by Crippen LogP contribution is 2.39. The highest BCUT2D eigenvalue weighted by molar-refractivity contribution is 5.76. The third-order valence-corrected chi connectivity index (χ3v) is 7.67. The van der Waals surface area contributed by atoms with Gasteiger partial charge >= 0.3 is 11.9 Å². The van der Waals surface area contributed by atoms with Crippen molar-refractivity contribution in [3.8, 4) is 0 Å². The zero-order valence-corrected chi connectivity index (χ0v) is 20.2. The molecule has 31 heavy (non-hydrogen) atoms. The number of carboxylic acid groups (broad SMARTS) is 1. The molecule has 0 heterocycles. The van der Waals surface area contributed by atoms with Crippen molar-refractivity contribution in [3.05, 3.63) is 0 Å². The zero-order chi connectivity index (χ0) is 22.4. The van der Waals surface area contributed by atoms with Crippen molar-refractivity contribution in [2.75, 3.05) is 0 Å². The van der Waals surface area contributed by atoms with E-state index >= 15 is 0 Å². The van der Waals surface area contributed by atoms with Crippen LogP contribution >= 0.6 is 0 Å². The Morgan fingerprint density at radius 3 is 1.90 bits per heavy atom. The maximum Gasteiger partial charge on any atom is 0.309 e. The minimum absolute atomic E-state index is 0.115. The highest BCUT2D eigenvalue weighted by atomic mass is 16.6. The van der Waals surface area contributed by atoms with E-state index < -0.39 is 5.97 Å². The standard InChI is InChI=1S/C27H48O4/c1-2-3-4-5-6-7-8-9-10-11-13-19-27(20-14-12-15-21-27)31-26(30)24-18-16-17-23(22-24)25(28)29/h23-24H,2-22H2,1H3,(H,28,29). The molecule has 2 aliphatic carbocycles. The number of ether oxygens (including phenoxy) is 1. The predicted octanol–water partition coefficient (Wildman–Crippen LogP) is 7.82. The van der Waals surface area contributed by atoms with Crippen LogP contribution in [0.4, 0.5) is 0 Å². The van der Waals surface area contributed by atoms with Crippen LogP contribution in [-0.4, -0.2) is 22.6 Å². The zero-order valence-electron chi connectivity index (χ0n) is 20.2. The van der Waals surface area contributed by atoms with Gasteiger partial charge < -0.3 is 9.84 Å². The summed E-state index contributed by atoms with van der Waals surface area (Å²) in [4.78, 5) is 24.3. The SMILES string of the molecule is CCCCCCCCCCCCCC1(OC(=O)C2CCCC(C(=O)O)C2)CCCCC1. The number of esters is 1. The highest BCUT2D eigenvalue weighted by Gasteiger charge is 2.39. The molecule has 0 aromatic rings. The molecule has 0 saturated heterocycles. The van der Waals surface area contributed by atoms with Crippen molar-refractivity contribution in [1.29, 1.82) is 0 Å². The Bertz CT molecular complexity index is 509. The molecular formula is C27H48O4. The Morgan fingerprint density at radius 2 is 1.32 bits per heavy atom. The van der Waals surface area contributed by atoms with Gasteiger partial charge in [-0.1, -0.05) is 84.0 Å². The fraction of sp³-hybridized carbons (Fsp3) is 0.926. The summed E-state index contributed by atoms with van der Waals surface area (Å²) in [6, 6.07) is 0. The van der Waals surface area contributed by atoms with Crippen molar-refractivity contribution < 1.29 is 19.4 Å². The number of unbranched alkanes of at least 4 members (excludes halogenated alkanes) is 10. The fourth-order valence-electron chi connectivity index (χ4n) is 5.64. The van der Waals surface area contributed by atoms with Gasteiger partial charge in [-0.3, -0.25) is 9.59 Å². The van der Waals surface area contributed by atoms with E-state index in [2.05, 4.69) is 6.92 Å². The lowest BCUT2D eigenvalue weighted by molar-refractivity contribution is -0.172. The Morgan fingerprint density at radius 1 is 0.774 bits per heavy atom. The molecule has 2 saturated carbocycles. The van der Waals surface area contributed by atoms with E-state index in [1.54, 1.807) is 0 Å².